The topological polar surface area (TPSA) is 103 Å². The summed E-state index contributed by atoms with van der Waals surface area (Å²) in [4.78, 5) is 24.8. The molecule has 194 valence electrons. The molecule has 1 aliphatic rings. The summed E-state index contributed by atoms with van der Waals surface area (Å²) in [6.45, 7) is 5.40. The predicted molar refractivity (Wildman–Crippen MR) is 142 cm³/mol. The van der Waals surface area contributed by atoms with Crippen molar-refractivity contribution in [2.75, 3.05) is 18.9 Å². The summed E-state index contributed by atoms with van der Waals surface area (Å²) in [6.07, 6.45) is -0.358. The van der Waals surface area contributed by atoms with E-state index < -0.39 is 29.0 Å². The Hall–Kier alpha value is -3.78. The fourth-order valence-corrected chi connectivity index (χ4v) is 4.80. The van der Waals surface area contributed by atoms with Gasteiger partial charge in [0.15, 0.2) is 11.4 Å². The maximum Gasteiger partial charge on any atom is 0.407 e. The third kappa shape index (κ3) is 5.20. The number of alkyl carbamates (subject to hydrolysis) is 1. The Bertz CT molecular complexity index is 1360. The van der Waals surface area contributed by atoms with Gasteiger partial charge in [-0.05, 0) is 50.6 Å². The van der Waals surface area contributed by atoms with Crippen LogP contribution in [0.1, 0.15) is 42.3 Å². The summed E-state index contributed by atoms with van der Waals surface area (Å²) < 4.78 is 27.6. The van der Waals surface area contributed by atoms with Gasteiger partial charge in [0.25, 0.3) is 0 Å². The molecule has 0 fully saturated rings. The van der Waals surface area contributed by atoms with Gasteiger partial charge >= 0.3 is 6.09 Å². The largest absolute Gasteiger partial charge is 0.480 e. The molecule has 1 atom stereocenters. The Kier molecular flexibility index (Phi) is 7.06. The number of hydrogen-bond donors (Lipinski definition) is 3. The summed E-state index contributed by atoms with van der Waals surface area (Å²) in [6, 6.07) is 15.6. The van der Waals surface area contributed by atoms with Gasteiger partial charge in [-0.2, -0.15) is 0 Å². The highest BCUT2D eigenvalue weighted by Crippen LogP contribution is 2.49. The number of nitrogens with one attached hydrogen (secondary N) is 2. The van der Waals surface area contributed by atoms with Crippen LogP contribution in [0.4, 0.5) is 14.9 Å². The quantitative estimate of drug-likeness (QED) is 0.386. The smallest absolute Gasteiger partial charge is 0.407 e. The lowest BCUT2D eigenvalue weighted by atomic mass is 9.85. The third-order valence-corrected chi connectivity index (χ3v) is 6.45. The Labute approximate surface area is 220 Å². The molecule has 4 N–H and O–H groups in total. The molecule has 0 radical (unpaired) electrons. The maximum absolute atomic E-state index is 15.7. The van der Waals surface area contributed by atoms with Crippen LogP contribution in [-0.2, 0) is 16.8 Å². The molecule has 3 aromatic carbocycles. The zero-order valence-electron chi connectivity index (χ0n) is 21.1. The van der Waals surface area contributed by atoms with Crippen molar-refractivity contribution in [2.45, 2.75) is 38.4 Å². The first-order chi connectivity index (χ1) is 17.5. The van der Waals surface area contributed by atoms with Crippen molar-refractivity contribution >= 4 is 29.3 Å². The van der Waals surface area contributed by atoms with Crippen LogP contribution in [0.15, 0.2) is 54.6 Å². The van der Waals surface area contributed by atoms with E-state index in [4.69, 9.17) is 26.8 Å². The molecular formula is C28H29ClFN3O4. The van der Waals surface area contributed by atoms with Gasteiger partial charge in [-0.25, -0.2) is 9.18 Å². The van der Waals surface area contributed by atoms with Crippen LogP contribution in [-0.4, -0.2) is 31.2 Å². The van der Waals surface area contributed by atoms with Crippen LogP contribution in [0.2, 0.25) is 5.02 Å². The van der Waals surface area contributed by atoms with E-state index in [1.807, 2.05) is 30.3 Å². The van der Waals surface area contributed by atoms with E-state index in [-0.39, 0.29) is 34.8 Å². The fraction of sp³-hybridized carbons (Fsp3) is 0.286. The first-order valence-electron chi connectivity index (χ1n) is 11.8. The lowest BCUT2D eigenvalue weighted by molar-refractivity contribution is 0.0415. The van der Waals surface area contributed by atoms with Crippen LogP contribution >= 0.6 is 11.6 Å². The zero-order chi connectivity index (χ0) is 27.0. The van der Waals surface area contributed by atoms with Crippen LogP contribution in [0.3, 0.4) is 0 Å². The van der Waals surface area contributed by atoms with Crippen molar-refractivity contribution in [3.63, 3.8) is 0 Å². The molecule has 1 heterocycles. The number of hydrogen-bond acceptors (Lipinski definition) is 5. The molecule has 2 amide bonds. The Morgan fingerprint density at radius 1 is 1.11 bits per heavy atom. The minimum Gasteiger partial charge on any atom is -0.480 e. The number of carbonyl (C=O) groups is 2. The lowest BCUT2D eigenvalue weighted by Gasteiger charge is -2.30. The Morgan fingerprint density at radius 3 is 2.43 bits per heavy atom. The summed E-state index contributed by atoms with van der Waals surface area (Å²) in [7, 11) is 1.58. The van der Waals surface area contributed by atoms with Crippen molar-refractivity contribution in [2.24, 2.45) is 5.73 Å². The van der Waals surface area contributed by atoms with Crippen LogP contribution in [0.25, 0.3) is 11.1 Å². The number of primary amides is 1. The van der Waals surface area contributed by atoms with Gasteiger partial charge in [0.2, 0.25) is 5.91 Å². The van der Waals surface area contributed by atoms with Gasteiger partial charge < -0.3 is 25.8 Å². The van der Waals surface area contributed by atoms with Crippen LogP contribution in [0.5, 0.6) is 5.75 Å². The highest BCUT2D eigenvalue weighted by Gasteiger charge is 2.44. The van der Waals surface area contributed by atoms with Crippen LogP contribution < -0.4 is 21.1 Å². The maximum atomic E-state index is 15.7. The summed E-state index contributed by atoms with van der Waals surface area (Å²) in [5, 5.41) is 5.84. The first kappa shape index (κ1) is 26.3. The molecule has 7 nitrogen and oxygen atoms in total. The van der Waals surface area contributed by atoms with E-state index in [1.165, 1.54) is 12.1 Å². The summed E-state index contributed by atoms with van der Waals surface area (Å²) in [5.74, 6) is -0.984. The number of halogens is 2. The van der Waals surface area contributed by atoms with Crippen molar-refractivity contribution in [1.82, 2.24) is 5.32 Å². The average molecular weight is 526 g/mol. The summed E-state index contributed by atoms with van der Waals surface area (Å²) >= 11 is 6.64. The second kappa shape index (κ2) is 9.94. The number of nitrogens with two attached hydrogens (primary N) is 1. The number of carbonyl (C=O) groups excluding carboxylic acids is 2. The number of fused-ring (bicyclic) bond motifs is 1. The molecule has 3 aromatic rings. The van der Waals surface area contributed by atoms with Crippen LogP contribution in [0, 0.1) is 5.82 Å². The van der Waals surface area contributed by atoms with Gasteiger partial charge in [-0.15, -0.1) is 0 Å². The number of amides is 2. The van der Waals surface area contributed by atoms with E-state index in [1.54, 1.807) is 40.0 Å². The second-order valence-electron chi connectivity index (χ2n) is 9.86. The van der Waals surface area contributed by atoms with Gasteiger partial charge in [0, 0.05) is 35.2 Å². The molecule has 1 unspecified atom stereocenters. The number of benzene rings is 3. The molecule has 0 aliphatic carbocycles. The average Bonchev–Trinajstić information content (AvgIpc) is 3.22. The summed E-state index contributed by atoms with van der Waals surface area (Å²) in [5.41, 5.74) is 5.79. The molecule has 0 spiro atoms. The number of ether oxygens (including phenoxy) is 2. The van der Waals surface area contributed by atoms with E-state index in [0.717, 1.165) is 5.56 Å². The van der Waals surface area contributed by atoms with Crippen molar-refractivity contribution in [3.8, 4) is 16.9 Å². The van der Waals surface area contributed by atoms with E-state index in [9.17, 15) is 9.59 Å². The monoisotopic (exact) mass is 525 g/mol. The molecular weight excluding hydrogens is 497 g/mol. The molecule has 0 bridgehead atoms. The Morgan fingerprint density at radius 2 is 1.81 bits per heavy atom. The third-order valence-electron chi connectivity index (χ3n) is 6.13. The zero-order valence-corrected chi connectivity index (χ0v) is 21.8. The fourth-order valence-electron chi connectivity index (χ4n) is 4.53. The van der Waals surface area contributed by atoms with Crippen molar-refractivity contribution < 1.29 is 23.5 Å². The standard InChI is InChI=1S/C28H29ClFN3O4/c1-27(2,3)37-26(35)33-15-28(16-8-6-5-7-9-16)14-18-21(36-28)13-11-19(29)22(18)23-17(25(31)34)10-12-20(32-4)24(23)30/h5-13,32H,14-15H2,1-4H3,(H2,31,34)(H,33,35). The number of anilines is 1. The molecule has 0 saturated heterocycles. The van der Waals surface area contributed by atoms with Gasteiger partial charge in [0.05, 0.1) is 17.8 Å². The molecule has 0 aromatic heterocycles. The lowest BCUT2D eigenvalue weighted by Crippen LogP contribution is -2.45. The molecule has 37 heavy (non-hydrogen) atoms. The van der Waals surface area contributed by atoms with Gasteiger partial charge in [-0.1, -0.05) is 41.9 Å². The second-order valence-corrected chi connectivity index (χ2v) is 10.3. The molecule has 4 rings (SSSR count). The number of rotatable bonds is 6. The Balaban J connectivity index is 1.84. The predicted octanol–water partition coefficient (Wildman–Crippen LogP) is 5.64. The van der Waals surface area contributed by atoms with E-state index in [0.29, 0.717) is 16.9 Å². The molecule has 1 aliphatic heterocycles. The molecule has 9 heteroatoms. The van der Waals surface area contributed by atoms with Gasteiger partial charge in [0.1, 0.15) is 11.4 Å². The van der Waals surface area contributed by atoms with E-state index in [2.05, 4.69) is 10.6 Å². The minimum atomic E-state index is -1.04. The SMILES string of the molecule is CNc1ccc(C(N)=O)c(-c2c(Cl)ccc3c2CC(CNC(=O)OC(C)(C)C)(c2ccccc2)O3)c1F. The minimum absolute atomic E-state index is 0.00380. The van der Waals surface area contributed by atoms with Crippen molar-refractivity contribution in [1.29, 1.82) is 0 Å². The molecule has 0 saturated carbocycles. The normalized spacial score (nSPS) is 16.5. The van der Waals surface area contributed by atoms with Crippen molar-refractivity contribution in [3.05, 3.63) is 82.1 Å². The van der Waals surface area contributed by atoms with E-state index >= 15 is 4.39 Å². The highest BCUT2D eigenvalue weighted by molar-refractivity contribution is 6.34. The first-order valence-corrected chi connectivity index (χ1v) is 12.2. The highest BCUT2D eigenvalue weighted by atomic mass is 35.5. The van der Waals surface area contributed by atoms with Gasteiger partial charge in [-0.3, -0.25) is 4.79 Å².